The third-order valence-electron chi connectivity index (χ3n) is 1.87. The molecule has 4 nitrogen and oxygen atoms in total. The van der Waals surface area contributed by atoms with E-state index in [0.29, 0.717) is 19.4 Å². The van der Waals surface area contributed by atoms with E-state index in [1.54, 1.807) is 6.92 Å². The Balaban J connectivity index is 3.37. The topological polar surface area (TPSA) is 75.4 Å². The van der Waals surface area contributed by atoms with Crippen molar-refractivity contribution < 1.29 is 9.90 Å². The maximum Gasteiger partial charge on any atom is 0.236 e. The fourth-order valence-corrected chi connectivity index (χ4v) is 0.926. The van der Waals surface area contributed by atoms with Gasteiger partial charge in [0.25, 0.3) is 0 Å². The van der Waals surface area contributed by atoms with Crippen LogP contribution >= 0.6 is 0 Å². The number of nitrogens with two attached hydrogens (primary N) is 1. The molecule has 0 aromatic heterocycles. The maximum atomic E-state index is 11.1. The third-order valence-corrected chi connectivity index (χ3v) is 1.87. The van der Waals surface area contributed by atoms with Gasteiger partial charge in [0.15, 0.2) is 0 Å². The minimum atomic E-state index is -0.397. The van der Waals surface area contributed by atoms with E-state index in [1.807, 2.05) is 6.92 Å². The predicted molar refractivity (Wildman–Crippen MR) is 52.2 cm³/mol. The fourth-order valence-electron chi connectivity index (χ4n) is 0.926. The average Bonchev–Trinajstić information content (AvgIpc) is 2.10. The first-order chi connectivity index (χ1) is 6.07. The molecule has 0 fully saturated rings. The molecule has 78 valence electrons. The summed E-state index contributed by atoms with van der Waals surface area (Å²) in [5.74, 6) is -0.104. The van der Waals surface area contributed by atoms with E-state index in [9.17, 15) is 4.79 Å². The Bertz CT molecular complexity index is 149. The molecule has 0 heterocycles. The molecule has 2 atom stereocenters. The summed E-state index contributed by atoms with van der Waals surface area (Å²) >= 11 is 0. The second-order valence-electron chi connectivity index (χ2n) is 3.30. The quantitative estimate of drug-likeness (QED) is 0.514. The van der Waals surface area contributed by atoms with Gasteiger partial charge in [-0.15, -0.1) is 0 Å². The van der Waals surface area contributed by atoms with Crippen LogP contribution in [-0.2, 0) is 4.79 Å². The molecule has 0 aliphatic heterocycles. The van der Waals surface area contributed by atoms with E-state index >= 15 is 0 Å². The summed E-state index contributed by atoms with van der Waals surface area (Å²) in [4.78, 5) is 11.1. The Labute approximate surface area is 79.5 Å². The summed E-state index contributed by atoms with van der Waals surface area (Å²) in [5, 5.41) is 11.6. The fraction of sp³-hybridized carbons (Fsp3) is 0.889. The number of rotatable bonds is 6. The van der Waals surface area contributed by atoms with Gasteiger partial charge in [0, 0.05) is 6.54 Å². The molecule has 4 heteroatoms. The number of hydrogen-bond acceptors (Lipinski definition) is 3. The van der Waals surface area contributed by atoms with Crippen LogP contribution in [0.2, 0.25) is 0 Å². The van der Waals surface area contributed by atoms with Crippen molar-refractivity contribution in [2.24, 2.45) is 5.73 Å². The summed E-state index contributed by atoms with van der Waals surface area (Å²) in [6.45, 7) is 4.21. The molecule has 0 aromatic carbocycles. The summed E-state index contributed by atoms with van der Waals surface area (Å²) in [7, 11) is 0. The summed E-state index contributed by atoms with van der Waals surface area (Å²) < 4.78 is 0. The van der Waals surface area contributed by atoms with Crippen molar-refractivity contribution in [2.75, 3.05) is 6.54 Å². The van der Waals surface area contributed by atoms with Crippen molar-refractivity contribution in [2.45, 2.75) is 45.3 Å². The molecule has 0 aliphatic carbocycles. The Morgan fingerprint density at radius 3 is 2.69 bits per heavy atom. The lowest BCUT2D eigenvalue weighted by Crippen LogP contribution is -2.40. The minimum Gasteiger partial charge on any atom is -0.393 e. The molecule has 4 N–H and O–H groups in total. The third kappa shape index (κ3) is 6.54. The van der Waals surface area contributed by atoms with Gasteiger partial charge in [0.05, 0.1) is 12.1 Å². The molecule has 2 unspecified atom stereocenters. The summed E-state index contributed by atoms with van der Waals surface area (Å²) in [6, 6.07) is -0.397. The Morgan fingerprint density at radius 2 is 2.23 bits per heavy atom. The van der Waals surface area contributed by atoms with Gasteiger partial charge in [0.2, 0.25) is 5.91 Å². The molecule has 1 amide bonds. The lowest BCUT2D eigenvalue weighted by molar-refractivity contribution is -0.122. The van der Waals surface area contributed by atoms with E-state index in [1.165, 1.54) is 0 Å². The number of aliphatic hydroxyl groups is 1. The number of hydrogen-bond donors (Lipinski definition) is 3. The maximum absolute atomic E-state index is 11.1. The van der Waals surface area contributed by atoms with Crippen LogP contribution in [0.1, 0.15) is 33.1 Å². The molecule has 0 aliphatic rings. The van der Waals surface area contributed by atoms with Crippen LogP contribution in [-0.4, -0.2) is 29.7 Å². The van der Waals surface area contributed by atoms with E-state index < -0.39 is 6.04 Å². The highest BCUT2D eigenvalue weighted by molar-refractivity contribution is 5.81. The van der Waals surface area contributed by atoms with Crippen LogP contribution in [0.15, 0.2) is 0 Å². The van der Waals surface area contributed by atoms with E-state index in [0.717, 1.165) is 6.42 Å². The largest absolute Gasteiger partial charge is 0.393 e. The average molecular weight is 188 g/mol. The standard InChI is InChI=1S/C9H20N2O2/c1-3-8(10)9(13)11-6-4-5-7(2)12/h7-8,12H,3-6,10H2,1-2H3,(H,11,13). The molecule has 0 saturated carbocycles. The highest BCUT2D eigenvalue weighted by Gasteiger charge is 2.09. The Kier molecular flexibility index (Phi) is 6.54. The van der Waals surface area contributed by atoms with Crippen LogP contribution in [0, 0.1) is 0 Å². The molecule has 0 bridgehead atoms. The molecule has 13 heavy (non-hydrogen) atoms. The van der Waals surface area contributed by atoms with E-state index in [4.69, 9.17) is 10.8 Å². The first-order valence-corrected chi connectivity index (χ1v) is 4.79. The van der Waals surface area contributed by atoms with Crippen molar-refractivity contribution in [3.63, 3.8) is 0 Å². The number of carbonyl (C=O) groups is 1. The minimum absolute atomic E-state index is 0.104. The van der Waals surface area contributed by atoms with Crippen molar-refractivity contribution >= 4 is 5.91 Å². The van der Waals surface area contributed by atoms with Crippen molar-refractivity contribution in [1.29, 1.82) is 0 Å². The molecule has 0 radical (unpaired) electrons. The van der Waals surface area contributed by atoms with Crippen LogP contribution in [0.25, 0.3) is 0 Å². The highest BCUT2D eigenvalue weighted by Crippen LogP contribution is 1.94. The number of nitrogens with one attached hydrogen (secondary N) is 1. The normalized spacial score (nSPS) is 15.1. The first-order valence-electron chi connectivity index (χ1n) is 4.79. The smallest absolute Gasteiger partial charge is 0.236 e. The van der Waals surface area contributed by atoms with Gasteiger partial charge in [-0.25, -0.2) is 0 Å². The van der Waals surface area contributed by atoms with Gasteiger partial charge in [-0.3, -0.25) is 4.79 Å². The molecular formula is C9H20N2O2. The van der Waals surface area contributed by atoms with Crippen LogP contribution < -0.4 is 11.1 Å². The van der Waals surface area contributed by atoms with Gasteiger partial charge < -0.3 is 16.2 Å². The lowest BCUT2D eigenvalue weighted by Gasteiger charge is -2.10. The number of carbonyl (C=O) groups excluding carboxylic acids is 1. The van der Waals surface area contributed by atoms with Crippen molar-refractivity contribution in [1.82, 2.24) is 5.32 Å². The Hall–Kier alpha value is -0.610. The number of amides is 1. The van der Waals surface area contributed by atoms with Crippen molar-refractivity contribution in [3.8, 4) is 0 Å². The van der Waals surface area contributed by atoms with Gasteiger partial charge in [-0.1, -0.05) is 6.92 Å². The first kappa shape index (κ1) is 12.4. The second kappa shape index (κ2) is 6.86. The molecule has 0 aromatic rings. The van der Waals surface area contributed by atoms with Crippen molar-refractivity contribution in [3.05, 3.63) is 0 Å². The van der Waals surface area contributed by atoms with Crippen LogP contribution in [0.3, 0.4) is 0 Å². The zero-order chi connectivity index (χ0) is 10.3. The lowest BCUT2D eigenvalue weighted by atomic mass is 10.2. The highest BCUT2D eigenvalue weighted by atomic mass is 16.3. The second-order valence-corrected chi connectivity index (χ2v) is 3.30. The van der Waals surface area contributed by atoms with Gasteiger partial charge >= 0.3 is 0 Å². The molecule has 0 saturated heterocycles. The van der Waals surface area contributed by atoms with Gasteiger partial charge in [-0.2, -0.15) is 0 Å². The van der Waals surface area contributed by atoms with E-state index in [2.05, 4.69) is 5.32 Å². The predicted octanol–water partition coefficient (Wildman–Crippen LogP) is 0.000900. The SMILES string of the molecule is CCC(N)C(=O)NCCCC(C)O. The molecule has 0 spiro atoms. The Morgan fingerprint density at radius 1 is 1.62 bits per heavy atom. The van der Waals surface area contributed by atoms with E-state index in [-0.39, 0.29) is 12.0 Å². The number of aliphatic hydroxyl groups excluding tert-OH is 1. The zero-order valence-corrected chi connectivity index (χ0v) is 8.42. The van der Waals surface area contributed by atoms with Gasteiger partial charge in [-0.05, 0) is 26.2 Å². The van der Waals surface area contributed by atoms with Gasteiger partial charge in [0.1, 0.15) is 0 Å². The van der Waals surface area contributed by atoms with Crippen LogP contribution in [0.5, 0.6) is 0 Å². The summed E-state index contributed by atoms with van der Waals surface area (Å²) in [6.07, 6.45) is 1.86. The monoisotopic (exact) mass is 188 g/mol. The zero-order valence-electron chi connectivity index (χ0n) is 8.42. The van der Waals surface area contributed by atoms with Crippen LogP contribution in [0.4, 0.5) is 0 Å². The molecular weight excluding hydrogens is 168 g/mol. The summed E-state index contributed by atoms with van der Waals surface area (Å²) in [5.41, 5.74) is 5.50. The molecule has 0 rings (SSSR count).